The van der Waals surface area contributed by atoms with E-state index < -0.39 is 27.9 Å². The van der Waals surface area contributed by atoms with Gasteiger partial charge >= 0.3 is 5.97 Å². The fourth-order valence-corrected chi connectivity index (χ4v) is 4.74. The zero-order valence-corrected chi connectivity index (χ0v) is 19.2. The molecule has 1 atom stereocenters. The highest BCUT2D eigenvalue weighted by Gasteiger charge is 2.33. The van der Waals surface area contributed by atoms with Gasteiger partial charge in [0.05, 0.1) is 44.4 Å². The number of aromatic nitrogens is 1. The van der Waals surface area contributed by atoms with E-state index in [-0.39, 0.29) is 17.0 Å². The average molecular weight is 461 g/mol. The minimum Gasteiger partial charge on any atom is -0.497 e. The number of benzene rings is 2. The van der Waals surface area contributed by atoms with Crippen molar-refractivity contribution in [2.45, 2.75) is 13.0 Å². The molecule has 0 N–H and O–H groups in total. The quantitative estimate of drug-likeness (QED) is 0.499. The molecule has 0 saturated carbocycles. The lowest BCUT2D eigenvalue weighted by atomic mass is 10.2. The third kappa shape index (κ3) is 4.13. The molecule has 170 valence electrons. The van der Waals surface area contributed by atoms with Crippen LogP contribution in [-0.4, -0.2) is 58.5 Å². The zero-order chi connectivity index (χ0) is 23.6. The van der Waals surface area contributed by atoms with Crippen LogP contribution in [0.2, 0.25) is 0 Å². The van der Waals surface area contributed by atoms with E-state index in [0.29, 0.717) is 16.7 Å². The molecular weight excluding hydrogens is 436 g/mol. The van der Waals surface area contributed by atoms with Gasteiger partial charge in [-0.1, -0.05) is 18.2 Å². The molecule has 0 aliphatic carbocycles. The highest BCUT2D eigenvalue weighted by molar-refractivity contribution is 7.92. The maximum absolute atomic E-state index is 13.5. The van der Waals surface area contributed by atoms with Crippen LogP contribution < -0.4 is 13.8 Å². The van der Waals surface area contributed by atoms with E-state index in [2.05, 4.69) is 0 Å². The van der Waals surface area contributed by atoms with Gasteiger partial charge in [0.2, 0.25) is 10.0 Å². The fourth-order valence-electron chi connectivity index (χ4n) is 3.58. The first-order valence-electron chi connectivity index (χ1n) is 9.58. The van der Waals surface area contributed by atoms with E-state index in [1.54, 1.807) is 36.4 Å². The summed E-state index contributed by atoms with van der Waals surface area (Å²) in [6.07, 6.45) is 2.36. The van der Waals surface area contributed by atoms with Crippen LogP contribution in [-0.2, 0) is 14.8 Å². The molecule has 0 bridgehead atoms. The molecule has 1 heterocycles. The van der Waals surface area contributed by atoms with Crippen LogP contribution in [0.1, 0.15) is 22.1 Å². The summed E-state index contributed by atoms with van der Waals surface area (Å²) in [4.78, 5) is 25.7. The monoisotopic (exact) mass is 460 g/mol. The van der Waals surface area contributed by atoms with Crippen molar-refractivity contribution in [1.82, 2.24) is 4.57 Å². The van der Waals surface area contributed by atoms with E-state index in [1.165, 1.54) is 45.1 Å². The number of ether oxygens (including phenoxy) is 3. The molecule has 0 amide bonds. The number of para-hydroxylation sites is 1. The first-order chi connectivity index (χ1) is 15.1. The van der Waals surface area contributed by atoms with Crippen molar-refractivity contribution in [3.05, 3.63) is 54.2 Å². The lowest BCUT2D eigenvalue weighted by Crippen LogP contribution is -2.45. The topological polar surface area (TPSA) is 104 Å². The van der Waals surface area contributed by atoms with Crippen LogP contribution in [0, 0.1) is 0 Å². The number of esters is 1. The predicted octanol–water partition coefficient (Wildman–Crippen LogP) is 2.94. The average Bonchev–Trinajstić information content (AvgIpc) is 3.16. The van der Waals surface area contributed by atoms with E-state index in [9.17, 15) is 18.0 Å². The number of anilines is 1. The maximum Gasteiger partial charge on any atom is 0.340 e. The second-order valence-electron chi connectivity index (χ2n) is 7.03. The predicted molar refractivity (Wildman–Crippen MR) is 120 cm³/mol. The molecule has 9 nitrogen and oxygen atoms in total. The number of hydrogen-bond donors (Lipinski definition) is 0. The number of carbonyl (C=O) groups is 2. The van der Waals surface area contributed by atoms with E-state index in [0.717, 1.165) is 10.6 Å². The highest BCUT2D eigenvalue weighted by Crippen LogP contribution is 2.35. The molecule has 3 rings (SSSR count). The van der Waals surface area contributed by atoms with Gasteiger partial charge in [0.1, 0.15) is 17.5 Å². The first-order valence-corrected chi connectivity index (χ1v) is 11.4. The Balaban J connectivity index is 2.17. The van der Waals surface area contributed by atoms with E-state index in [1.807, 2.05) is 0 Å². The normalized spacial score (nSPS) is 12.3. The van der Waals surface area contributed by atoms with Gasteiger partial charge in [-0.3, -0.25) is 13.7 Å². The smallest absolute Gasteiger partial charge is 0.340 e. The van der Waals surface area contributed by atoms with Gasteiger partial charge < -0.3 is 14.2 Å². The number of hydrogen-bond acceptors (Lipinski definition) is 7. The molecule has 0 saturated heterocycles. The number of carbonyl (C=O) groups excluding carboxylic acids is 2. The molecule has 0 fully saturated rings. The van der Waals surface area contributed by atoms with Crippen LogP contribution in [0.3, 0.4) is 0 Å². The molecule has 0 aliphatic heterocycles. The minimum atomic E-state index is -3.92. The molecular formula is C22H24N2O7S. The van der Waals surface area contributed by atoms with Crippen molar-refractivity contribution in [1.29, 1.82) is 0 Å². The molecule has 1 aromatic heterocycles. The van der Waals surface area contributed by atoms with Crippen LogP contribution in [0.4, 0.5) is 5.69 Å². The maximum atomic E-state index is 13.5. The molecule has 3 aromatic rings. The molecule has 10 heteroatoms. The minimum absolute atomic E-state index is 0.153. The van der Waals surface area contributed by atoms with Gasteiger partial charge in [-0.05, 0) is 25.1 Å². The number of rotatable bonds is 7. The Labute approximate surface area is 186 Å². The van der Waals surface area contributed by atoms with Crippen LogP contribution >= 0.6 is 0 Å². The summed E-state index contributed by atoms with van der Waals surface area (Å²) >= 11 is 0. The summed E-state index contributed by atoms with van der Waals surface area (Å²) in [5, 5.41) is 0.518. The second-order valence-corrected chi connectivity index (χ2v) is 8.89. The number of fused-ring (bicyclic) bond motifs is 1. The largest absolute Gasteiger partial charge is 0.497 e. The molecule has 32 heavy (non-hydrogen) atoms. The van der Waals surface area contributed by atoms with Crippen LogP contribution in [0.15, 0.2) is 48.7 Å². The lowest BCUT2D eigenvalue weighted by molar-refractivity contribution is 0.0603. The van der Waals surface area contributed by atoms with Gasteiger partial charge in [0.25, 0.3) is 5.91 Å². The van der Waals surface area contributed by atoms with Crippen molar-refractivity contribution in [2.75, 3.05) is 31.9 Å². The Morgan fingerprint density at radius 2 is 1.72 bits per heavy atom. The molecule has 0 radical (unpaired) electrons. The summed E-state index contributed by atoms with van der Waals surface area (Å²) in [7, 11) is 0.179. The van der Waals surface area contributed by atoms with E-state index in [4.69, 9.17) is 14.2 Å². The van der Waals surface area contributed by atoms with Gasteiger partial charge in [-0.15, -0.1) is 0 Å². The SMILES string of the molecule is COC(=O)c1cn(C(=O)C(C)N(c2cc(OC)ccc2OC)S(C)(=O)=O)c2ccccc12. The van der Waals surface area contributed by atoms with Crippen molar-refractivity contribution in [3.63, 3.8) is 0 Å². The summed E-state index contributed by atoms with van der Waals surface area (Å²) < 4.78 is 43.2. The van der Waals surface area contributed by atoms with Gasteiger partial charge in [0, 0.05) is 17.6 Å². The standard InChI is InChI=1S/C22H24N2O7S/c1-14(24(32(5,27)28)19-12-15(29-2)10-11-20(19)30-3)21(25)23-13-17(22(26)31-4)16-8-6-7-9-18(16)23/h6-14H,1-5H3. The lowest BCUT2D eigenvalue weighted by Gasteiger charge is -2.29. The van der Waals surface area contributed by atoms with Crippen molar-refractivity contribution in [3.8, 4) is 11.5 Å². The summed E-state index contributed by atoms with van der Waals surface area (Å²) in [6, 6.07) is 10.3. The molecule has 1 unspecified atom stereocenters. The summed E-state index contributed by atoms with van der Waals surface area (Å²) in [6.45, 7) is 1.47. The zero-order valence-electron chi connectivity index (χ0n) is 18.4. The Kier molecular flexibility index (Phi) is 6.45. The molecule has 2 aromatic carbocycles. The number of methoxy groups -OCH3 is 3. The highest BCUT2D eigenvalue weighted by atomic mass is 32.2. The molecule has 0 spiro atoms. The Morgan fingerprint density at radius 1 is 1.03 bits per heavy atom. The first kappa shape index (κ1) is 23.1. The Bertz CT molecular complexity index is 1280. The van der Waals surface area contributed by atoms with Gasteiger partial charge in [-0.2, -0.15) is 0 Å². The van der Waals surface area contributed by atoms with Crippen LogP contribution in [0.5, 0.6) is 11.5 Å². The molecule has 0 aliphatic rings. The van der Waals surface area contributed by atoms with Gasteiger partial charge in [0.15, 0.2) is 0 Å². The Morgan fingerprint density at radius 3 is 2.31 bits per heavy atom. The third-order valence-electron chi connectivity index (χ3n) is 5.04. The number of sulfonamides is 1. The van der Waals surface area contributed by atoms with Crippen LogP contribution in [0.25, 0.3) is 10.9 Å². The second kappa shape index (κ2) is 8.91. The summed E-state index contributed by atoms with van der Waals surface area (Å²) in [5.41, 5.74) is 0.809. The summed E-state index contributed by atoms with van der Waals surface area (Å²) in [5.74, 6) is -0.515. The van der Waals surface area contributed by atoms with Crippen molar-refractivity contribution in [2.24, 2.45) is 0 Å². The Hall–Kier alpha value is -3.53. The van der Waals surface area contributed by atoms with Gasteiger partial charge in [-0.25, -0.2) is 13.2 Å². The van der Waals surface area contributed by atoms with E-state index >= 15 is 0 Å². The van der Waals surface area contributed by atoms with Crippen molar-refractivity contribution >= 4 is 38.5 Å². The van der Waals surface area contributed by atoms with Crippen molar-refractivity contribution < 1.29 is 32.2 Å². The third-order valence-corrected chi connectivity index (χ3v) is 6.27. The fraction of sp³-hybridized carbons (Fsp3) is 0.273. The number of nitrogens with zero attached hydrogens (tertiary/aromatic N) is 2.